The predicted octanol–water partition coefficient (Wildman–Crippen LogP) is 4.53. The van der Waals surface area contributed by atoms with E-state index in [1.807, 2.05) is 26.8 Å². The van der Waals surface area contributed by atoms with Crippen LogP contribution in [0, 0.1) is 19.7 Å². The van der Waals surface area contributed by atoms with Gasteiger partial charge in [0.1, 0.15) is 5.82 Å². The monoisotopic (exact) mass is 287 g/mol. The normalized spacial score (nSPS) is 12.5. The maximum absolute atomic E-state index is 13.2. The molecule has 0 aliphatic carbocycles. The van der Waals surface area contributed by atoms with Gasteiger partial charge in [-0.3, -0.25) is 0 Å². The van der Waals surface area contributed by atoms with Crippen LogP contribution in [-0.4, -0.2) is 10.2 Å². The second kappa shape index (κ2) is 6.20. The second-order valence-electron chi connectivity index (χ2n) is 5.82. The number of rotatable bonds is 4. The van der Waals surface area contributed by atoms with Crippen molar-refractivity contribution in [1.29, 1.82) is 0 Å². The van der Waals surface area contributed by atoms with Crippen molar-refractivity contribution in [2.75, 3.05) is 5.32 Å². The lowest BCUT2D eigenvalue weighted by Gasteiger charge is -2.18. The molecule has 1 atom stereocenters. The zero-order chi connectivity index (χ0) is 15.6. The van der Waals surface area contributed by atoms with Crippen LogP contribution < -0.4 is 5.32 Å². The van der Waals surface area contributed by atoms with E-state index in [1.54, 1.807) is 6.07 Å². The highest BCUT2D eigenvalue weighted by Crippen LogP contribution is 2.24. The summed E-state index contributed by atoms with van der Waals surface area (Å²) in [4.78, 5) is 0. The van der Waals surface area contributed by atoms with Crippen LogP contribution in [0.4, 0.5) is 10.2 Å². The first-order valence-corrected chi connectivity index (χ1v) is 7.25. The molecule has 1 aromatic carbocycles. The van der Waals surface area contributed by atoms with Crippen molar-refractivity contribution in [2.24, 2.45) is 0 Å². The summed E-state index contributed by atoms with van der Waals surface area (Å²) in [6.45, 7) is 10.2. The van der Waals surface area contributed by atoms with Crippen molar-refractivity contribution < 1.29 is 4.39 Å². The van der Waals surface area contributed by atoms with Gasteiger partial charge in [-0.05, 0) is 61.6 Å². The van der Waals surface area contributed by atoms with E-state index in [4.69, 9.17) is 0 Å². The number of hydrogen-bond donors (Lipinski definition) is 1. The summed E-state index contributed by atoms with van der Waals surface area (Å²) in [5, 5.41) is 11.9. The third-order valence-corrected chi connectivity index (χ3v) is 3.65. The lowest BCUT2D eigenvalue weighted by atomic mass is 10.0. The van der Waals surface area contributed by atoms with E-state index >= 15 is 0 Å². The molecular weight excluding hydrogens is 265 g/mol. The summed E-state index contributed by atoms with van der Waals surface area (Å²) >= 11 is 0. The van der Waals surface area contributed by atoms with Gasteiger partial charge in [-0.25, -0.2) is 4.39 Å². The average Bonchev–Trinajstić information content (AvgIpc) is 2.40. The van der Waals surface area contributed by atoms with E-state index in [9.17, 15) is 4.39 Å². The van der Waals surface area contributed by atoms with Crippen LogP contribution in [0.3, 0.4) is 0 Å². The number of halogens is 1. The second-order valence-corrected chi connectivity index (χ2v) is 5.82. The quantitative estimate of drug-likeness (QED) is 0.897. The van der Waals surface area contributed by atoms with E-state index in [2.05, 4.69) is 35.4 Å². The summed E-state index contributed by atoms with van der Waals surface area (Å²) in [5.41, 5.74) is 4.05. The molecule has 21 heavy (non-hydrogen) atoms. The third kappa shape index (κ3) is 3.57. The summed E-state index contributed by atoms with van der Waals surface area (Å²) in [6, 6.07) is 6.95. The summed E-state index contributed by atoms with van der Waals surface area (Å²) in [5.74, 6) is 0.929. The highest BCUT2D eigenvalue weighted by molar-refractivity contribution is 5.46. The Balaban J connectivity index is 2.21. The maximum atomic E-state index is 13.2. The zero-order valence-electron chi connectivity index (χ0n) is 13.2. The minimum atomic E-state index is -0.208. The minimum Gasteiger partial charge on any atom is -0.362 e. The molecule has 2 aromatic rings. The topological polar surface area (TPSA) is 37.8 Å². The van der Waals surface area contributed by atoms with Gasteiger partial charge in [-0.1, -0.05) is 19.9 Å². The molecule has 0 unspecified atom stereocenters. The molecule has 0 saturated carbocycles. The van der Waals surface area contributed by atoms with E-state index in [1.165, 1.54) is 6.07 Å². The fourth-order valence-corrected chi connectivity index (χ4v) is 2.34. The molecule has 0 aliphatic rings. The lowest BCUT2D eigenvalue weighted by Crippen LogP contribution is -2.12. The largest absolute Gasteiger partial charge is 0.362 e. The highest BCUT2D eigenvalue weighted by atomic mass is 19.1. The maximum Gasteiger partial charge on any atom is 0.152 e. The SMILES string of the molecule is Cc1cc(F)ccc1[C@@H](C)Nc1nnc(C(C)C)cc1C. The lowest BCUT2D eigenvalue weighted by molar-refractivity contribution is 0.624. The Morgan fingerprint density at radius 2 is 1.71 bits per heavy atom. The van der Waals surface area contributed by atoms with E-state index in [0.29, 0.717) is 5.92 Å². The number of benzene rings is 1. The zero-order valence-corrected chi connectivity index (χ0v) is 13.2. The first-order valence-electron chi connectivity index (χ1n) is 7.25. The molecule has 2 rings (SSSR count). The first kappa shape index (κ1) is 15.4. The van der Waals surface area contributed by atoms with Crippen molar-refractivity contribution in [3.63, 3.8) is 0 Å². The van der Waals surface area contributed by atoms with Crippen molar-refractivity contribution in [3.8, 4) is 0 Å². The van der Waals surface area contributed by atoms with Gasteiger partial charge in [-0.15, -0.1) is 5.10 Å². The average molecular weight is 287 g/mol. The highest BCUT2D eigenvalue weighted by Gasteiger charge is 2.12. The van der Waals surface area contributed by atoms with Crippen molar-refractivity contribution in [3.05, 3.63) is 52.5 Å². The van der Waals surface area contributed by atoms with E-state index in [0.717, 1.165) is 28.2 Å². The van der Waals surface area contributed by atoms with Crippen molar-refractivity contribution >= 4 is 5.82 Å². The first-order chi connectivity index (χ1) is 9.88. The van der Waals surface area contributed by atoms with Crippen LogP contribution >= 0.6 is 0 Å². The van der Waals surface area contributed by atoms with Crippen LogP contribution in [0.15, 0.2) is 24.3 Å². The Morgan fingerprint density at radius 3 is 2.29 bits per heavy atom. The molecule has 3 nitrogen and oxygen atoms in total. The third-order valence-electron chi connectivity index (χ3n) is 3.65. The molecule has 0 fully saturated rings. The van der Waals surface area contributed by atoms with Gasteiger partial charge >= 0.3 is 0 Å². The molecule has 4 heteroatoms. The molecule has 1 aromatic heterocycles. The molecule has 1 N–H and O–H groups in total. The number of anilines is 1. The van der Waals surface area contributed by atoms with Gasteiger partial charge in [0.15, 0.2) is 5.82 Å². The van der Waals surface area contributed by atoms with Crippen LogP contribution in [-0.2, 0) is 0 Å². The molecule has 0 saturated heterocycles. The van der Waals surface area contributed by atoms with Gasteiger partial charge in [0.25, 0.3) is 0 Å². The number of nitrogens with one attached hydrogen (secondary N) is 1. The summed E-state index contributed by atoms with van der Waals surface area (Å²) in [7, 11) is 0. The Hall–Kier alpha value is -1.97. The Bertz CT molecular complexity index is 638. The molecule has 1 heterocycles. The smallest absolute Gasteiger partial charge is 0.152 e. The number of aryl methyl sites for hydroxylation is 2. The van der Waals surface area contributed by atoms with Gasteiger partial charge < -0.3 is 5.32 Å². The van der Waals surface area contributed by atoms with Crippen LogP contribution in [0.5, 0.6) is 0 Å². The van der Waals surface area contributed by atoms with Gasteiger partial charge in [0.2, 0.25) is 0 Å². The summed E-state index contributed by atoms with van der Waals surface area (Å²) < 4.78 is 13.2. The number of nitrogens with zero attached hydrogens (tertiary/aromatic N) is 2. The molecule has 0 spiro atoms. The minimum absolute atomic E-state index is 0.0449. The fourth-order valence-electron chi connectivity index (χ4n) is 2.34. The number of hydrogen-bond acceptors (Lipinski definition) is 3. The van der Waals surface area contributed by atoms with Crippen molar-refractivity contribution in [2.45, 2.75) is 46.6 Å². The number of aromatic nitrogens is 2. The van der Waals surface area contributed by atoms with Gasteiger partial charge in [0.05, 0.1) is 11.7 Å². The Morgan fingerprint density at radius 1 is 1.00 bits per heavy atom. The van der Waals surface area contributed by atoms with E-state index < -0.39 is 0 Å². The molecule has 0 aliphatic heterocycles. The van der Waals surface area contributed by atoms with Crippen LogP contribution in [0.1, 0.15) is 55.1 Å². The molecule has 0 bridgehead atoms. The molecule has 0 radical (unpaired) electrons. The Kier molecular flexibility index (Phi) is 4.56. The van der Waals surface area contributed by atoms with E-state index in [-0.39, 0.29) is 11.9 Å². The molecule has 0 amide bonds. The fraction of sp³-hybridized carbons (Fsp3) is 0.412. The van der Waals surface area contributed by atoms with Gasteiger partial charge in [-0.2, -0.15) is 5.10 Å². The van der Waals surface area contributed by atoms with Gasteiger partial charge in [0, 0.05) is 0 Å². The molecular formula is C17H22FN3. The van der Waals surface area contributed by atoms with Crippen LogP contribution in [0.25, 0.3) is 0 Å². The van der Waals surface area contributed by atoms with Crippen LogP contribution in [0.2, 0.25) is 0 Å². The summed E-state index contributed by atoms with van der Waals surface area (Å²) in [6.07, 6.45) is 0. The predicted molar refractivity (Wildman–Crippen MR) is 84.0 cm³/mol. The Labute approximate surface area is 125 Å². The van der Waals surface area contributed by atoms with Crippen molar-refractivity contribution in [1.82, 2.24) is 10.2 Å². The molecule has 112 valence electrons. The standard InChI is InChI=1S/C17H22FN3/c1-10(2)16-9-12(4)17(21-20-16)19-13(5)15-7-6-14(18)8-11(15)3/h6-10,13H,1-5H3,(H,19,21)/t13-/m1/s1.